The lowest BCUT2D eigenvalue weighted by Gasteiger charge is -2.07. The molecule has 0 unspecified atom stereocenters. The van der Waals surface area contributed by atoms with E-state index in [1.807, 2.05) is 6.92 Å². The zero-order valence-corrected chi connectivity index (χ0v) is 15.3. The molecular formula is C19H19FN2O3S. The zero-order valence-electron chi connectivity index (χ0n) is 14.5. The Morgan fingerprint density at radius 2 is 1.85 bits per heavy atom. The molecule has 0 atom stereocenters. The summed E-state index contributed by atoms with van der Waals surface area (Å²) >= 11 is 0. The van der Waals surface area contributed by atoms with Crippen molar-refractivity contribution in [2.45, 2.75) is 25.2 Å². The fourth-order valence-electron chi connectivity index (χ4n) is 2.86. The lowest BCUT2D eigenvalue weighted by molar-refractivity contribution is -0.115. The predicted octanol–water partition coefficient (Wildman–Crippen LogP) is 3.59. The molecule has 1 aromatic heterocycles. The van der Waals surface area contributed by atoms with Crippen LogP contribution < -0.4 is 5.32 Å². The molecule has 0 saturated carbocycles. The Labute approximate surface area is 151 Å². The number of hydrogen-bond acceptors (Lipinski definition) is 3. The highest BCUT2D eigenvalue weighted by atomic mass is 32.2. The van der Waals surface area contributed by atoms with Gasteiger partial charge in [0.05, 0.1) is 17.1 Å². The molecule has 0 aliphatic rings. The first-order chi connectivity index (χ1) is 12.3. The third-order valence-corrected chi connectivity index (χ3v) is 6.05. The van der Waals surface area contributed by atoms with Crippen LogP contribution in [0.5, 0.6) is 0 Å². The predicted molar refractivity (Wildman–Crippen MR) is 99.5 cm³/mol. The average Bonchev–Trinajstić information content (AvgIpc) is 2.90. The first-order valence-electron chi connectivity index (χ1n) is 8.19. The van der Waals surface area contributed by atoms with Gasteiger partial charge in [0.15, 0.2) is 9.84 Å². The Kier molecular flexibility index (Phi) is 4.82. The van der Waals surface area contributed by atoms with Gasteiger partial charge >= 0.3 is 0 Å². The fraction of sp³-hybridized carbons (Fsp3) is 0.211. The summed E-state index contributed by atoms with van der Waals surface area (Å²) in [6, 6.07) is 10.5. The number of nitrogens with one attached hydrogen (secondary N) is 2. The lowest BCUT2D eigenvalue weighted by atomic mass is 10.1. The second-order valence-corrected chi connectivity index (χ2v) is 8.35. The van der Waals surface area contributed by atoms with Gasteiger partial charge in [0.25, 0.3) is 0 Å². The zero-order chi connectivity index (χ0) is 18.9. The third-order valence-electron chi connectivity index (χ3n) is 4.30. The highest BCUT2D eigenvalue weighted by Gasteiger charge is 2.14. The summed E-state index contributed by atoms with van der Waals surface area (Å²) in [5.74, 6) is -0.593. The first kappa shape index (κ1) is 18.1. The van der Waals surface area contributed by atoms with Crippen LogP contribution in [0.15, 0.2) is 47.4 Å². The van der Waals surface area contributed by atoms with Gasteiger partial charge in [-0.3, -0.25) is 4.79 Å². The van der Waals surface area contributed by atoms with Crippen LogP contribution in [0.2, 0.25) is 0 Å². The van der Waals surface area contributed by atoms with Crippen LogP contribution in [0.1, 0.15) is 18.2 Å². The van der Waals surface area contributed by atoms with Crippen molar-refractivity contribution >= 4 is 32.3 Å². The smallest absolute Gasteiger partial charge is 0.228 e. The number of halogens is 1. The molecular weight excluding hydrogens is 355 g/mol. The van der Waals surface area contributed by atoms with Crippen molar-refractivity contribution < 1.29 is 17.6 Å². The van der Waals surface area contributed by atoms with E-state index in [0.717, 1.165) is 16.8 Å². The largest absolute Gasteiger partial charge is 0.358 e. The van der Waals surface area contributed by atoms with Gasteiger partial charge in [-0.2, -0.15) is 0 Å². The van der Waals surface area contributed by atoms with E-state index < -0.39 is 9.84 Å². The number of anilines is 1. The number of H-pyrrole nitrogens is 1. The number of carbonyl (C=O) groups is 1. The summed E-state index contributed by atoms with van der Waals surface area (Å²) < 4.78 is 37.1. The minimum absolute atomic E-state index is 0.0229. The van der Waals surface area contributed by atoms with Gasteiger partial charge in [0.2, 0.25) is 5.91 Å². The normalized spacial score (nSPS) is 11.7. The maximum Gasteiger partial charge on any atom is 0.228 e. The molecule has 0 aliphatic carbocycles. The molecule has 3 aromatic rings. The van der Waals surface area contributed by atoms with Crippen molar-refractivity contribution in [3.05, 3.63) is 59.5 Å². The minimum atomic E-state index is -3.27. The molecule has 1 amide bonds. The highest BCUT2D eigenvalue weighted by Crippen LogP contribution is 2.24. The molecule has 7 heteroatoms. The molecule has 5 nitrogen and oxygen atoms in total. The number of hydrogen-bond donors (Lipinski definition) is 2. The topological polar surface area (TPSA) is 79.0 Å². The van der Waals surface area contributed by atoms with Gasteiger partial charge in [0.1, 0.15) is 5.82 Å². The van der Waals surface area contributed by atoms with Crippen molar-refractivity contribution in [1.29, 1.82) is 0 Å². The van der Waals surface area contributed by atoms with E-state index in [1.165, 1.54) is 24.3 Å². The van der Waals surface area contributed by atoms with E-state index in [1.54, 1.807) is 25.1 Å². The van der Waals surface area contributed by atoms with Gasteiger partial charge in [-0.1, -0.05) is 6.92 Å². The fourth-order valence-corrected chi connectivity index (χ4v) is 3.74. The Morgan fingerprint density at radius 3 is 2.50 bits per heavy atom. The first-order valence-corrected chi connectivity index (χ1v) is 9.85. The monoisotopic (exact) mass is 374 g/mol. The number of fused-ring (bicyclic) bond motifs is 1. The summed E-state index contributed by atoms with van der Waals surface area (Å²) in [4.78, 5) is 15.7. The number of sulfone groups is 1. The quantitative estimate of drug-likeness (QED) is 0.716. The Balaban J connectivity index is 1.78. The van der Waals surface area contributed by atoms with Crippen molar-refractivity contribution in [2.24, 2.45) is 0 Å². The van der Waals surface area contributed by atoms with Gasteiger partial charge in [0, 0.05) is 22.3 Å². The van der Waals surface area contributed by atoms with Gasteiger partial charge < -0.3 is 10.3 Å². The van der Waals surface area contributed by atoms with Crippen LogP contribution in [0.25, 0.3) is 10.9 Å². The Morgan fingerprint density at radius 1 is 1.15 bits per heavy atom. The molecule has 0 radical (unpaired) electrons. The van der Waals surface area contributed by atoms with Crippen LogP contribution in [-0.2, 0) is 21.1 Å². The van der Waals surface area contributed by atoms with E-state index in [2.05, 4.69) is 10.3 Å². The maximum absolute atomic E-state index is 13.5. The van der Waals surface area contributed by atoms with Crippen LogP contribution in [-0.4, -0.2) is 25.1 Å². The number of aromatic amines is 1. The average molecular weight is 374 g/mol. The Bertz CT molecular complexity index is 1070. The maximum atomic E-state index is 13.5. The second-order valence-electron chi connectivity index (χ2n) is 6.07. The van der Waals surface area contributed by atoms with E-state index >= 15 is 0 Å². The molecule has 0 spiro atoms. The summed E-state index contributed by atoms with van der Waals surface area (Å²) in [5, 5.41) is 3.42. The lowest BCUT2D eigenvalue weighted by Crippen LogP contribution is -2.15. The molecule has 2 aromatic carbocycles. The van der Waals surface area contributed by atoms with E-state index in [4.69, 9.17) is 0 Å². The van der Waals surface area contributed by atoms with Crippen LogP contribution in [0, 0.1) is 12.7 Å². The highest BCUT2D eigenvalue weighted by molar-refractivity contribution is 7.91. The van der Waals surface area contributed by atoms with E-state index in [0.29, 0.717) is 11.1 Å². The molecule has 2 N–H and O–H groups in total. The summed E-state index contributed by atoms with van der Waals surface area (Å²) in [5.41, 5.74) is 2.84. The number of aromatic nitrogens is 1. The number of carbonyl (C=O) groups excluding carboxylic acids is 1. The van der Waals surface area contributed by atoms with Gasteiger partial charge in [-0.15, -0.1) is 0 Å². The molecule has 3 rings (SSSR count). The summed E-state index contributed by atoms with van der Waals surface area (Å²) in [6.07, 6.45) is 0.0876. The molecule has 0 saturated heterocycles. The molecule has 0 fully saturated rings. The van der Waals surface area contributed by atoms with Crippen molar-refractivity contribution in [1.82, 2.24) is 4.98 Å². The van der Waals surface area contributed by atoms with Crippen molar-refractivity contribution in [2.75, 3.05) is 11.1 Å². The second kappa shape index (κ2) is 6.92. The molecule has 26 heavy (non-hydrogen) atoms. The van der Waals surface area contributed by atoms with Gasteiger partial charge in [-0.05, 0) is 55.0 Å². The van der Waals surface area contributed by atoms with E-state index in [9.17, 15) is 17.6 Å². The number of amides is 1. The van der Waals surface area contributed by atoms with E-state index in [-0.39, 0.29) is 28.8 Å². The summed E-state index contributed by atoms with van der Waals surface area (Å²) in [7, 11) is -3.27. The molecule has 1 heterocycles. The van der Waals surface area contributed by atoms with Crippen molar-refractivity contribution in [3.63, 3.8) is 0 Å². The minimum Gasteiger partial charge on any atom is -0.358 e. The van der Waals surface area contributed by atoms with Crippen LogP contribution >= 0.6 is 0 Å². The molecule has 136 valence electrons. The van der Waals surface area contributed by atoms with Crippen molar-refractivity contribution in [3.8, 4) is 0 Å². The standard InChI is InChI=1S/C19H19FN2O3S/c1-3-26(24,25)15-7-5-14(6-8-15)22-19(23)11-16-12(2)21-18-9-4-13(20)10-17(16)18/h4-10,21H,3,11H2,1-2H3,(H,22,23). The number of aryl methyl sites for hydroxylation is 1. The molecule has 0 bridgehead atoms. The number of rotatable bonds is 5. The summed E-state index contributed by atoms with van der Waals surface area (Å²) in [6.45, 7) is 3.42. The van der Waals surface area contributed by atoms with Crippen LogP contribution in [0.3, 0.4) is 0 Å². The Hall–Kier alpha value is -2.67. The van der Waals surface area contributed by atoms with Crippen LogP contribution in [0.4, 0.5) is 10.1 Å². The third kappa shape index (κ3) is 3.62. The number of benzene rings is 2. The van der Waals surface area contributed by atoms with Gasteiger partial charge in [-0.25, -0.2) is 12.8 Å². The SMILES string of the molecule is CCS(=O)(=O)c1ccc(NC(=O)Cc2c(C)[nH]c3ccc(F)cc23)cc1. The molecule has 0 aliphatic heterocycles.